The van der Waals surface area contributed by atoms with Crippen LogP contribution in [0.15, 0.2) is 0 Å². The van der Waals surface area contributed by atoms with Crippen molar-refractivity contribution in [3.8, 4) is 11.5 Å². The second-order valence-electron chi connectivity index (χ2n) is 11.7. The van der Waals surface area contributed by atoms with E-state index < -0.39 is 17.5 Å². The first-order valence-corrected chi connectivity index (χ1v) is 15.1. The highest BCUT2D eigenvalue weighted by Gasteiger charge is 2.55. The maximum atomic E-state index is 13.8. The van der Waals surface area contributed by atoms with Crippen molar-refractivity contribution in [1.29, 1.82) is 0 Å². The minimum atomic E-state index is -0.998. The number of unbranched alkanes of at least 4 members (excludes halogenated alkanes) is 12. The summed E-state index contributed by atoms with van der Waals surface area (Å²) in [4.78, 5) is 26.8. The molecule has 0 saturated heterocycles. The van der Waals surface area contributed by atoms with Crippen LogP contribution < -0.4 is 9.47 Å². The van der Waals surface area contributed by atoms with E-state index in [9.17, 15) is 9.59 Å². The van der Waals surface area contributed by atoms with Crippen LogP contribution in [0.1, 0.15) is 138 Å². The lowest BCUT2D eigenvalue weighted by atomic mass is 9.70. The number of fused-ring (bicyclic) bond motifs is 1. The Balaban J connectivity index is 1.95. The predicted molar refractivity (Wildman–Crippen MR) is 156 cm³/mol. The van der Waals surface area contributed by atoms with E-state index in [0.717, 1.165) is 29.5 Å². The number of carbonyl (C=O) groups is 2. The number of esters is 1. The molecule has 5 heteroatoms. The Bertz CT molecular complexity index is 921. The lowest BCUT2D eigenvalue weighted by Crippen LogP contribution is -2.56. The van der Waals surface area contributed by atoms with E-state index in [2.05, 4.69) is 13.8 Å². The number of hydrogen-bond acceptors (Lipinski definition) is 5. The number of ether oxygens (including phenoxy) is 3. The molecule has 0 amide bonds. The van der Waals surface area contributed by atoms with Gasteiger partial charge in [-0.2, -0.15) is 0 Å². The molecular weight excluding hydrogens is 476 g/mol. The van der Waals surface area contributed by atoms with Crippen molar-refractivity contribution in [3.63, 3.8) is 0 Å². The van der Waals surface area contributed by atoms with Crippen LogP contribution in [-0.2, 0) is 9.53 Å². The van der Waals surface area contributed by atoms with Gasteiger partial charge in [0.1, 0.15) is 17.1 Å². The molecule has 0 bridgehead atoms. The molecule has 38 heavy (non-hydrogen) atoms. The van der Waals surface area contributed by atoms with Crippen LogP contribution >= 0.6 is 0 Å². The van der Waals surface area contributed by atoms with Crippen molar-refractivity contribution in [1.82, 2.24) is 0 Å². The minimum Gasteiger partial charge on any atom is -0.496 e. The summed E-state index contributed by atoms with van der Waals surface area (Å²) in [5.74, 6) is -0.481. The molecule has 0 aliphatic carbocycles. The van der Waals surface area contributed by atoms with E-state index in [1.54, 1.807) is 7.11 Å². The molecule has 0 radical (unpaired) electrons. The number of rotatable bonds is 17. The third kappa shape index (κ3) is 7.54. The normalized spacial score (nSPS) is 19.6. The van der Waals surface area contributed by atoms with Gasteiger partial charge < -0.3 is 14.2 Å². The maximum absolute atomic E-state index is 13.8. The fourth-order valence-corrected chi connectivity index (χ4v) is 6.11. The quantitative estimate of drug-likeness (QED) is 0.114. The Morgan fingerprint density at radius 1 is 0.842 bits per heavy atom. The summed E-state index contributed by atoms with van der Waals surface area (Å²) < 4.78 is 17.4. The molecule has 0 saturated carbocycles. The van der Waals surface area contributed by atoms with E-state index in [0.29, 0.717) is 17.1 Å². The number of methoxy groups -OCH3 is 2. The monoisotopic (exact) mass is 530 g/mol. The van der Waals surface area contributed by atoms with Gasteiger partial charge in [-0.1, -0.05) is 97.3 Å². The molecule has 0 aromatic heterocycles. The van der Waals surface area contributed by atoms with Crippen LogP contribution in [0.4, 0.5) is 0 Å². The Labute approximate surface area is 232 Å². The van der Waals surface area contributed by atoms with Gasteiger partial charge in [0.15, 0.2) is 11.7 Å². The fourth-order valence-electron chi connectivity index (χ4n) is 6.11. The van der Waals surface area contributed by atoms with Crippen LogP contribution in [0.3, 0.4) is 0 Å². The highest BCUT2D eigenvalue weighted by molar-refractivity contribution is 6.13. The van der Waals surface area contributed by atoms with Crippen LogP contribution in [0.2, 0.25) is 0 Å². The number of Topliss-reactive ketones (excluding diaryl/α,β-unsaturated/α-hetero) is 1. The van der Waals surface area contributed by atoms with Crippen molar-refractivity contribution < 1.29 is 23.8 Å². The number of carbonyl (C=O) groups excluding carboxylic acids is 2. The molecule has 1 aliphatic heterocycles. The smallest absolute Gasteiger partial charge is 0.320 e. The van der Waals surface area contributed by atoms with Crippen molar-refractivity contribution >= 4 is 11.8 Å². The van der Waals surface area contributed by atoms with Gasteiger partial charge in [0.2, 0.25) is 0 Å². The van der Waals surface area contributed by atoms with E-state index in [1.165, 1.54) is 84.2 Å². The molecule has 1 aliphatic rings. The minimum absolute atomic E-state index is 0.0125. The summed E-state index contributed by atoms with van der Waals surface area (Å²) in [6.07, 6.45) is 18.0. The van der Waals surface area contributed by atoms with Gasteiger partial charge in [-0.25, -0.2) is 0 Å². The van der Waals surface area contributed by atoms with Crippen LogP contribution in [0.25, 0.3) is 0 Å². The van der Waals surface area contributed by atoms with E-state index in [1.807, 2.05) is 27.7 Å². The summed E-state index contributed by atoms with van der Waals surface area (Å²) in [5, 5.41) is 0. The van der Waals surface area contributed by atoms with Gasteiger partial charge in [-0.3, -0.25) is 9.59 Å². The van der Waals surface area contributed by atoms with Gasteiger partial charge in [-0.05, 0) is 51.2 Å². The highest BCUT2D eigenvalue weighted by atomic mass is 16.5. The summed E-state index contributed by atoms with van der Waals surface area (Å²) in [7, 11) is 2.95. The molecule has 0 fully saturated rings. The second kappa shape index (κ2) is 15.5. The lowest BCUT2D eigenvalue weighted by molar-refractivity contribution is -0.153. The zero-order valence-electron chi connectivity index (χ0n) is 25.6. The van der Waals surface area contributed by atoms with Gasteiger partial charge in [0.25, 0.3) is 0 Å². The van der Waals surface area contributed by atoms with Gasteiger partial charge in [0.05, 0.1) is 19.8 Å². The molecular formula is C33H54O5. The Kier molecular flexibility index (Phi) is 13.1. The molecule has 0 N–H and O–H groups in total. The standard InChI is InChI=1S/C33H54O5/c1-9-10-11-12-13-14-15-16-17-18-19-20-21-22-23(2)33(6)28(32(35)37-8)29(34)27-26(5)30(36-7)24(3)25(4)31(27)38-33/h23,28H,9-22H2,1-8H3/t23?,28?,33-/m1/s1. The molecule has 0 spiro atoms. The van der Waals surface area contributed by atoms with Crippen LogP contribution in [0.5, 0.6) is 11.5 Å². The van der Waals surface area contributed by atoms with Crippen LogP contribution in [-0.4, -0.2) is 31.6 Å². The third-order valence-corrected chi connectivity index (χ3v) is 8.95. The van der Waals surface area contributed by atoms with Crippen molar-refractivity contribution in [2.24, 2.45) is 11.8 Å². The SMILES string of the molecule is CCCCCCCCCCCCCCCC(C)[C@@]1(C)Oc2c(C)c(C)c(OC)c(C)c2C(=O)C1C(=O)OC. The van der Waals surface area contributed by atoms with E-state index in [-0.39, 0.29) is 11.7 Å². The van der Waals surface area contributed by atoms with E-state index >= 15 is 0 Å². The first kappa shape index (κ1) is 32.2. The lowest BCUT2D eigenvalue weighted by Gasteiger charge is -2.45. The maximum Gasteiger partial charge on any atom is 0.320 e. The molecule has 3 atom stereocenters. The largest absolute Gasteiger partial charge is 0.496 e. The molecule has 1 heterocycles. The van der Waals surface area contributed by atoms with Crippen molar-refractivity contribution in [2.45, 2.75) is 137 Å². The zero-order valence-corrected chi connectivity index (χ0v) is 25.6. The predicted octanol–water partition coefficient (Wildman–Crippen LogP) is 8.86. The Morgan fingerprint density at radius 2 is 1.34 bits per heavy atom. The summed E-state index contributed by atoms with van der Waals surface area (Å²) >= 11 is 0. The summed E-state index contributed by atoms with van der Waals surface area (Å²) in [6.45, 7) is 12.1. The highest BCUT2D eigenvalue weighted by Crippen LogP contribution is 2.48. The number of benzene rings is 1. The molecule has 1 aromatic carbocycles. The topological polar surface area (TPSA) is 61.8 Å². The first-order chi connectivity index (χ1) is 18.1. The Hall–Kier alpha value is -2.04. The Morgan fingerprint density at radius 3 is 1.82 bits per heavy atom. The van der Waals surface area contributed by atoms with Crippen LogP contribution in [0, 0.1) is 32.6 Å². The van der Waals surface area contributed by atoms with Crippen molar-refractivity contribution in [3.05, 3.63) is 22.3 Å². The van der Waals surface area contributed by atoms with Gasteiger partial charge in [0, 0.05) is 5.56 Å². The molecule has 5 nitrogen and oxygen atoms in total. The number of ketones is 1. The summed E-state index contributed by atoms with van der Waals surface area (Å²) in [5.41, 5.74) is 2.05. The average Bonchev–Trinajstić information content (AvgIpc) is 2.89. The molecule has 216 valence electrons. The fraction of sp³-hybridized carbons (Fsp3) is 0.758. The van der Waals surface area contributed by atoms with Crippen molar-refractivity contribution in [2.75, 3.05) is 14.2 Å². The zero-order chi connectivity index (χ0) is 28.3. The summed E-state index contributed by atoms with van der Waals surface area (Å²) in [6, 6.07) is 0. The first-order valence-electron chi connectivity index (χ1n) is 15.1. The number of hydrogen-bond donors (Lipinski definition) is 0. The second-order valence-corrected chi connectivity index (χ2v) is 11.7. The third-order valence-electron chi connectivity index (χ3n) is 8.95. The average molecular weight is 531 g/mol. The molecule has 1 aromatic rings. The van der Waals surface area contributed by atoms with E-state index in [4.69, 9.17) is 14.2 Å². The molecule has 2 rings (SSSR count). The van der Waals surface area contributed by atoms with Gasteiger partial charge >= 0.3 is 5.97 Å². The van der Waals surface area contributed by atoms with Gasteiger partial charge in [-0.15, -0.1) is 0 Å². The molecule has 2 unspecified atom stereocenters.